The maximum absolute atomic E-state index is 11.3. The Bertz CT molecular complexity index is 340. The van der Waals surface area contributed by atoms with Gasteiger partial charge in [0.25, 0.3) is 0 Å². The molecular formula is C11H16N2O2S. The van der Waals surface area contributed by atoms with Gasteiger partial charge < -0.3 is 4.74 Å². The highest BCUT2D eigenvalue weighted by Gasteiger charge is 2.14. The summed E-state index contributed by atoms with van der Waals surface area (Å²) in [7, 11) is 0. The lowest BCUT2D eigenvalue weighted by Crippen LogP contribution is -2.16. The molecular weight excluding hydrogens is 224 g/mol. The van der Waals surface area contributed by atoms with E-state index in [4.69, 9.17) is 4.74 Å². The standard InChI is InChI=1S/C11H16N2O2S/c1-4-15-10(14)9(3)7-16-11-12-5-8(2)6-13-11/h5-6,9H,4,7H2,1-3H3. The van der Waals surface area contributed by atoms with Crippen LogP contribution in [0.4, 0.5) is 0 Å². The SMILES string of the molecule is CCOC(=O)C(C)CSc1ncc(C)cn1. The van der Waals surface area contributed by atoms with Gasteiger partial charge in [-0.25, -0.2) is 9.97 Å². The molecule has 0 amide bonds. The molecule has 0 aromatic carbocycles. The molecule has 5 heteroatoms. The van der Waals surface area contributed by atoms with E-state index in [1.54, 1.807) is 19.3 Å². The number of thioether (sulfide) groups is 1. The molecule has 0 aliphatic heterocycles. The third-order valence-corrected chi connectivity index (χ3v) is 3.04. The average Bonchev–Trinajstić information content (AvgIpc) is 2.28. The second kappa shape index (κ2) is 6.48. The summed E-state index contributed by atoms with van der Waals surface area (Å²) in [5.41, 5.74) is 1.03. The molecule has 0 spiro atoms. The van der Waals surface area contributed by atoms with Crippen molar-refractivity contribution in [1.82, 2.24) is 9.97 Å². The first kappa shape index (κ1) is 13.0. The van der Waals surface area contributed by atoms with Crippen LogP contribution in [0.1, 0.15) is 19.4 Å². The summed E-state index contributed by atoms with van der Waals surface area (Å²) in [5, 5.41) is 0.696. The number of hydrogen-bond acceptors (Lipinski definition) is 5. The van der Waals surface area contributed by atoms with Gasteiger partial charge in [0, 0.05) is 18.1 Å². The molecule has 1 heterocycles. The van der Waals surface area contributed by atoms with Crippen molar-refractivity contribution in [1.29, 1.82) is 0 Å². The van der Waals surface area contributed by atoms with Crippen LogP contribution in [0.3, 0.4) is 0 Å². The second-order valence-electron chi connectivity index (χ2n) is 3.51. The Hall–Kier alpha value is -1.10. The van der Waals surface area contributed by atoms with E-state index in [0.29, 0.717) is 17.5 Å². The zero-order valence-corrected chi connectivity index (χ0v) is 10.6. The molecule has 0 N–H and O–H groups in total. The number of esters is 1. The molecule has 4 nitrogen and oxygen atoms in total. The highest BCUT2D eigenvalue weighted by atomic mass is 32.2. The van der Waals surface area contributed by atoms with Gasteiger partial charge in [-0.05, 0) is 19.4 Å². The van der Waals surface area contributed by atoms with E-state index in [9.17, 15) is 4.79 Å². The first-order chi connectivity index (χ1) is 7.63. The Kier molecular flexibility index (Phi) is 5.25. The quantitative estimate of drug-likeness (QED) is 0.448. The van der Waals surface area contributed by atoms with Crippen LogP contribution in [0, 0.1) is 12.8 Å². The molecule has 1 aromatic rings. The molecule has 0 aliphatic rings. The van der Waals surface area contributed by atoms with Gasteiger partial charge in [0.15, 0.2) is 5.16 Å². The first-order valence-corrected chi connectivity index (χ1v) is 6.20. The fourth-order valence-electron chi connectivity index (χ4n) is 1.01. The van der Waals surface area contributed by atoms with Crippen molar-refractivity contribution in [2.75, 3.05) is 12.4 Å². The molecule has 1 rings (SSSR count). The van der Waals surface area contributed by atoms with Crippen LogP contribution < -0.4 is 0 Å². The van der Waals surface area contributed by atoms with Crippen molar-refractivity contribution in [2.45, 2.75) is 25.9 Å². The number of carbonyl (C=O) groups is 1. The van der Waals surface area contributed by atoms with Crippen molar-refractivity contribution in [2.24, 2.45) is 5.92 Å². The van der Waals surface area contributed by atoms with E-state index >= 15 is 0 Å². The van der Waals surface area contributed by atoms with Gasteiger partial charge in [0.1, 0.15) is 0 Å². The van der Waals surface area contributed by atoms with Gasteiger partial charge >= 0.3 is 5.97 Å². The van der Waals surface area contributed by atoms with Crippen LogP contribution in [0.25, 0.3) is 0 Å². The summed E-state index contributed by atoms with van der Waals surface area (Å²) in [6, 6.07) is 0. The lowest BCUT2D eigenvalue weighted by Gasteiger charge is -2.08. The van der Waals surface area contributed by atoms with Crippen molar-refractivity contribution in [3.8, 4) is 0 Å². The predicted octanol–water partition coefficient (Wildman–Crippen LogP) is 2.08. The summed E-state index contributed by atoms with van der Waals surface area (Å²) in [6.07, 6.45) is 3.54. The smallest absolute Gasteiger partial charge is 0.309 e. The first-order valence-electron chi connectivity index (χ1n) is 5.21. The highest BCUT2D eigenvalue weighted by Crippen LogP contribution is 2.16. The van der Waals surface area contributed by atoms with Gasteiger partial charge in [-0.2, -0.15) is 0 Å². The molecule has 0 radical (unpaired) electrons. The number of aryl methyl sites for hydroxylation is 1. The van der Waals surface area contributed by atoms with Gasteiger partial charge in [-0.15, -0.1) is 0 Å². The Morgan fingerprint density at radius 3 is 2.69 bits per heavy atom. The van der Waals surface area contributed by atoms with Gasteiger partial charge in [-0.3, -0.25) is 4.79 Å². The summed E-state index contributed by atoms with van der Waals surface area (Å²) in [4.78, 5) is 19.7. The van der Waals surface area contributed by atoms with Gasteiger partial charge in [0.2, 0.25) is 0 Å². The Morgan fingerprint density at radius 2 is 2.12 bits per heavy atom. The second-order valence-corrected chi connectivity index (χ2v) is 4.49. The Morgan fingerprint density at radius 1 is 1.50 bits per heavy atom. The summed E-state index contributed by atoms with van der Waals surface area (Å²) in [5.74, 6) is 0.346. The molecule has 1 aromatic heterocycles. The monoisotopic (exact) mass is 240 g/mol. The van der Waals surface area contributed by atoms with E-state index in [1.165, 1.54) is 11.8 Å². The van der Waals surface area contributed by atoms with Crippen LogP contribution in [-0.4, -0.2) is 28.3 Å². The maximum atomic E-state index is 11.3. The van der Waals surface area contributed by atoms with E-state index in [-0.39, 0.29) is 11.9 Å². The van der Waals surface area contributed by atoms with E-state index < -0.39 is 0 Å². The van der Waals surface area contributed by atoms with Crippen LogP contribution >= 0.6 is 11.8 Å². The summed E-state index contributed by atoms with van der Waals surface area (Å²) >= 11 is 1.47. The van der Waals surface area contributed by atoms with Crippen LogP contribution in [0.2, 0.25) is 0 Å². The van der Waals surface area contributed by atoms with Crippen LogP contribution in [-0.2, 0) is 9.53 Å². The molecule has 0 saturated carbocycles. The van der Waals surface area contributed by atoms with Gasteiger partial charge in [-0.1, -0.05) is 18.7 Å². The largest absolute Gasteiger partial charge is 0.466 e. The van der Waals surface area contributed by atoms with E-state index in [1.807, 2.05) is 13.8 Å². The Balaban J connectivity index is 2.39. The lowest BCUT2D eigenvalue weighted by atomic mass is 10.2. The minimum Gasteiger partial charge on any atom is -0.466 e. The van der Waals surface area contributed by atoms with E-state index in [0.717, 1.165) is 5.56 Å². The molecule has 88 valence electrons. The minimum atomic E-state index is -0.165. The van der Waals surface area contributed by atoms with Crippen LogP contribution in [0.5, 0.6) is 0 Å². The van der Waals surface area contributed by atoms with Crippen LogP contribution in [0.15, 0.2) is 17.6 Å². The fourth-order valence-corrected chi connectivity index (χ4v) is 1.80. The summed E-state index contributed by atoms with van der Waals surface area (Å²) in [6.45, 7) is 6.02. The molecule has 1 unspecified atom stereocenters. The zero-order valence-electron chi connectivity index (χ0n) is 9.77. The van der Waals surface area contributed by atoms with Crippen molar-refractivity contribution >= 4 is 17.7 Å². The average molecular weight is 240 g/mol. The normalized spacial score (nSPS) is 12.2. The minimum absolute atomic E-state index is 0.130. The van der Waals surface area contributed by atoms with E-state index in [2.05, 4.69) is 9.97 Å². The van der Waals surface area contributed by atoms with Crippen molar-refractivity contribution in [3.63, 3.8) is 0 Å². The highest BCUT2D eigenvalue weighted by molar-refractivity contribution is 7.99. The number of ether oxygens (including phenoxy) is 1. The molecule has 0 aliphatic carbocycles. The number of aromatic nitrogens is 2. The molecule has 0 bridgehead atoms. The summed E-state index contributed by atoms with van der Waals surface area (Å²) < 4.78 is 4.92. The predicted molar refractivity (Wildman–Crippen MR) is 63.3 cm³/mol. The molecule has 1 atom stereocenters. The van der Waals surface area contributed by atoms with Gasteiger partial charge in [0.05, 0.1) is 12.5 Å². The Labute approximate surface area is 99.8 Å². The molecule has 16 heavy (non-hydrogen) atoms. The number of nitrogens with zero attached hydrogens (tertiary/aromatic N) is 2. The third kappa shape index (κ3) is 4.18. The lowest BCUT2D eigenvalue weighted by molar-refractivity contribution is -0.146. The maximum Gasteiger partial charge on any atom is 0.309 e. The van der Waals surface area contributed by atoms with Crippen molar-refractivity contribution in [3.05, 3.63) is 18.0 Å². The number of hydrogen-bond donors (Lipinski definition) is 0. The third-order valence-electron chi connectivity index (χ3n) is 1.91. The topological polar surface area (TPSA) is 52.1 Å². The fraction of sp³-hybridized carbons (Fsp3) is 0.545. The molecule has 0 fully saturated rings. The number of rotatable bonds is 5. The molecule has 0 saturated heterocycles. The number of carbonyl (C=O) groups excluding carboxylic acids is 1. The van der Waals surface area contributed by atoms with Crippen molar-refractivity contribution < 1.29 is 9.53 Å². The zero-order chi connectivity index (χ0) is 12.0.